The summed E-state index contributed by atoms with van der Waals surface area (Å²) >= 11 is 3.50. The summed E-state index contributed by atoms with van der Waals surface area (Å²) in [5.41, 5.74) is 3.56. The summed E-state index contributed by atoms with van der Waals surface area (Å²) in [5.74, 6) is 1.11. The molecule has 5 nitrogen and oxygen atoms in total. The molecule has 0 aromatic carbocycles. The van der Waals surface area contributed by atoms with E-state index in [1.54, 1.807) is 6.33 Å². The summed E-state index contributed by atoms with van der Waals surface area (Å²) in [6.45, 7) is 7.26. The smallest absolute Gasteiger partial charge is 0.135 e. The van der Waals surface area contributed by atoms with Gasteiger partial charge in [-0.05, 0) is 47.8 Å². The van der Waals surface area contributed by atoms with E-state index < -0.39 is 0 Å². The van der Waals surface area contributed by atoms with E-state index in [9.17, 15) is 0 Å². The Kier molecular flexibility index (Phi) is 3.81. The van der Waals surface area contributed by atoms with Crippen LogP contribution in [0.15, 0.2) is 29.3 Å². The van der Waals surface area contributed by atoms with Crippen LogP contribution in [0, 0.1) is 13.8 Å². The van der Waals surface area contributed by atoms with Crippen LogP contribution < -0.4 is 4.90 Å². The molecule has 2 aromatic rings. The maximum absolute atomic E-state index is 4.52. The second-order valence-electron chi connectivity index (χ2n) is 6.54. The number of aryl methyl sites for hydroxylation is 1. The van der Waals surface area contributed by atoms with Crippen LogP contribution in [0.4, 0.5) is 5.82 Å². The summed E-state index contributed by atoms with van der Waals surface area (Å²) in [5, 5.41) is 0. The van der Waals surface area contributed by atoms with Crippen molar-refractivity contribution in [3.05, 3.63) is 46.1 Å². The van der Waals surface area contributed by atoms with Gasteiger partial charge in [-0.15, -0.1) is 0 Å². The maximum atomic E-state index is 4.52. The number of aromatic nitrogens is 3. The van der Waals surface area contributed by atoms with Crippen LogP contribution in [0.3, 0.4) is 0 Å². The van der Waals surface area contributed by atoms with Gasteiger partial charge in [0.05, 0.1) is 0 Å². The Balaban J connectivity index is 1.47. The van der Waals surface area contributed by atoms with E-state index in [-0.39, 0.29) is 0 Å². The van der Waals surface area contributed by atoms with Gasteiger partial charge < -0.3 is 4.90 Å². The van der Waals surface area contributed by atoms with Crippen molar-refractivity contribution in [3.8, 4) is 0 Å². The lowest BCUT2D eigenvalue weighted by Gasteiger charge is -2.57. The minimum absolute atomic E-state index is 0.613. The number of halogens is 1. The van der Waals surface area contributed by atoms with E-state index in [1.807, 2.05) is 12.4 Å². The normalized spacial score (nSPS) is 23.7. The third kappa shape index (κ3) is 2.74. The Bertz CT molecular complexity index is 723. The molecule has 2 bridgehead atoms. The second kappa shape index (κ2) is 5.83. The van der Waals surface area contributed by atoms with Gasteiger partial charge in [0.2, 0.25) is 0 Å². The Morgan fingerprint density at radius 1 is 1.17 bits per heavy atom. The molecule has 0 saturated carbocycles. The fourth-order valence-corrected chi connectivity index (χ4v) is 4.13. The fourth-order valence-electron chi connectivity index (χ4n) is 3.72. The molecule has 120 valence electrons. The predicted molar refractivity (Wildman–Crippen MR) is 93.4 cm³/mol. The van der Waals surface area contributed by atoms with Crippen LogP contribution in [0.2, 0.25) is 0 Å². The topological polar surface area (TPSA) is 45.2 Å². The predicted octanol–water partition coefficient (Wildman–Crippen LogP) is 2.71. The van der Waals surface area contributed by atoms with Crippen molar-refractivity contribution in [2.24, 2.45) is 0 Å². The monoisotopic (exact) mass is 373 g/mol. The van der Waals surface area contributed by atoms with Crippen LogP contribution in [0.5, 0.6) is 0 Å². The van der Waals surface area contributed by atoms with Gasteiger partial charge in [-0.25, -0.2) is 9.97 Å². The number of anilines is 1. The number of pyridine rings is 1. The molecule has 0 aliphatic carbocycles. The van der Waals surface area contributed by atoms with E-state index in [4.69, 9.17) is 0 Å². The standard InChI is InChI=1S/C17H20BrN5/c1-11-12(2)20-10-21-17(11)22-8-15-4-16(9-22)23(15)7-13-3-14(18)6-19-5-13/h3,5-6,10,15-16H,4,7-9H2,1-2H3. The van der Waals surface area contributed by atoms with Crippen LogP contribution in [-0.4, -0.2) is 45.0 Å². The molecule has 5 heterocycles. The Labute approximate surface area is 144 Å². The van der Waals surface area contributed by atoms with Crippen molar-refractivity contribution >= 4 is 21.7 Å². The molecule has 3 fully saturated rings. The lowest BCUT2D eigenvalue weighted by Crippen LogP contribution is -2.68. The lowest BCUT2D eigenvalue weighted by atomic mass is 9.86. The first-order valence-corrected chi connectivity index (χ1v) is 8.79. The van der Waals surface area contributed by atoms with E-state index in [0.29, 0.717) is 12.1 Å². The van der Waals surface area contributed by atoms with Crippen molar-refractivity contribution in [1.82, 2.24) is 19.9 Å². The number of rotatable bonds is 3. The fraction of sp³-hybridized carbons (Fsp3) is 0.471. The van der Waals surface area contributed by atoms with Crippen LogP contribution in [0.25, 0.3) is 0 Å². The van der Waals surface area contributed by atoms with Gasteiger partial charge in [0.25, 0.3) is 0 Å². The van der Waals surface area contributed by atoms with Crippen molar-refractivity contribution in [2.45, 2.75) is 38.9 Å². The minimum Gasteiger partial charge on any atom is -0.353 e. The van der Waals surface area contributed by atoms with Crippen LogP contribution >= 0.6 is 15.9 Å². The van der Waals surface area contributed by atoms with Gasteiger partial charge in [-0.3, -0.25) is 9.88 Å². The zero-order chi connectivity index (χ0) is 16.0. The van der Waals surface area contributed by atoms with Crippen LogP contribution in [-0.2, 0) is 6.54 Å². The average Bonchev–Trinajstić information content (AvgIpc) is 2.55. The van der Waals surface area contributed by atoms with Gasteiger partial charge >= 0.3 is 0 Å². The van der Waals surface area contributed by atoms with Gasteiger partial charge in [0.1, 0.15) is 12.1 Å². The quantitative estimate of drug-likeness (QED) is 0.827. The molecule has 5 rings (SSSR count). The van der Waals surface area contributed by atoms with Crippen molar-refractivity contribution in [2.75, 3.05) is 18.0 Å². The molecule has 6 heteroatoms. The molecule has 2 unspecified atom stereocenters. The zero-order valence-corrected chi connectivity index (χ0v) is 15.0. The molecular weight excluding hydrogens is 354 g/mol. The Morgan fingerprint density at radius 3 is 2.70 bits per heavy atom. The first-order chi connectivity index (χ1) is 11.1. The first-order valence-electron chi connectivity index (χ1n) is 8.00. The zero-order valence-electron chi connectivity index (χ0n) is 13.4. The summed E-state index contributed by atoms with van der Waals surface area (Å²) < 4.78 is 1.05. The first kappa shape index (κ1) is 15.0. The molecule has 3 saturated heterocycles. The van der Waals surface area contributed by atoms with E-state index in [2.05, 4.69) is 60.6 Å². The number of piperazine rings is 1. The molecule has 3 aliphatic heterocycles. The molecular formula is C17H20BrN5. The van der Waals surface area contributed by atoms with E-state index in [1.165, 1.54) is 17.5 Å². The van der Waals surface area contributed by atoms with Crippen molar-refractivity contribution in [1.29, 1.82) is 0 Å². The summed E-state index contributed by atoms with van der Waals surface area (Å²) in [7, 11) is 0. The number of piperidine rings is 1. The molecule has 0 spiro atoms. The number of fused-ring (bicyclic) bond motifs is 2. The third-order valence-corrected chi connectivity index (χ3v) is 5.51. The van der Waals surface area contributed by atoms with E-state index in [0.717, 1.165) is 35.6 Å². The number of hydrogen-bond acceptors (Lipinski definition) is 5. The Morgan fingerprint density at radius 2 is 1.96 bits per heavy atom. The van der Waals surface area contributed by atoms with Gasteiger partial charge in [-0.1, -0.05) is 0 Å². The average molecular weight is 374 g/mol. The largest absolute Gasteiger partial charge is 0.353 e. The second-order valence-corrected chi connectivity index (χ2v) is 7.46. The van der Waals surface area contributed by atoms with Gasteiger partial charge in [0.15, 0.2) is 0 Å². The van der Waals surface area contributed by atoms with Crippen molar-refractivity contribution < 1.29 is 0 Å². The summed E-state index contributed by atoms with van der Waals surface area (Å²) in [4.78, 5) is 18.1. The van der Waals surface area contributed by atoms with Crippen LogP contribution in [0.1, 0.15) is 23.2 Å². The van der Waals surface area contributed by atoms with Gasteiger partial charge in [0, 0.05) is 59.8 Å². The molecule has 23 heavy (non-hydrogen) atoms. The van der Waals surface area contributed by atoms with Gasteiger partial charge in [-0.2, -0.15) is 0 Å². The van der Waals surface area contributed by atoms with Crippen molar-refractivity contribution in [3.63, 3.8) is 0 Å². The maximum Gasteiger partial charge on any atom is 0.135 e. The Hall–Kier alpha value is -1.53. The number of hydrogen-bond donors (Lipinski definition) is 0. The SMILES string of the molecule is Cc1ncnc(N2CC3CC(C2)N3Cc2cncc(Br)c2)c1C. The lowest BCUT2D eigenvalue weighted by molar-refractivity contribution is -0.00882. The summed E-state index contributed by atoms with van der Waals surface area (Å²) in [6.07, 6.45) is 6.78. The highest BCUT2D eigenvalue weighted by atomic mass is 79.9. The molecule has 3 aliphatic rings. The third-order valence-electron chi connectivity index (χ3n) is 5.08. The summed E-state index contributed by atoms with van der Waals surface area (Å²) in [6, 6.07) is 3.39. The highest BCUT2D eigenvalue weighted by molar-refractivity contribution is 9.10. The molecule has 0 amide bonds. The molecule has 2 atom stereocenters. The highest BCUT2D eigenvalue weighted by Gasteiger charge is 2.44. The number of nitrogens with zero attached hydrogens (tertiary/aromatic N) is 5. The highest BCUT2D eigenvalue weighted by Crippen LogP contribution is 2.36. The van der Waals surface area contributed by atoms with E-state index >= 15 is 0 Å². The molecule has 0 radical (unpaired) electrons. The molecule has 0 N–H and O–H groups in total. The molecule has 2 aromatic heterocycles. The minimum atomic E-state index is 0.613.